The molecule has 0 spiro atoms. The van der Waals surface area contributed by atoms with Gasteiger partial charge in [0, 0.05) is 6.54 Å². The normalized spacial score (nSPS) is 25.8. The third-order valence-corrected chi connectivity index (χ3v) is 3.92. The van der Waals surface area contributed by atoms with Gasteiger partial charge < -0.3 is 10.6 Å². The number of hydrogen-bond acceptors (Lipinski definition) is 2. The standard InChI is InChI=1S/C14H28N2O/c1-4-6-7-12(5-2)10-16-14(17)13-11(3)8-9-15-13/h11-13,15H,4-10H2,1-3H3,(H,16,17). The number of unbranched alkanes of at least 4 members (excludes halogenated alkanes) is 1. The summed E-state index contributed by atoms with van der Waals surface area (Å²) in [7, 11) is 0. The lowest BCUT2D eigenvalue weighted by Gasteiger charge is -2.19. The zero-order chi connectivity index (χ0) is 12.7. The van der Waals surface area contributed by atoms with Crippen LogP contribution in [0.15, 0.2) is 0 Å². The minimum absolute atomic E-state index is 0.0404. The van der Waals surface area contributed by atoms with Gasteiger partial charge in [0.2, 0.25) is 5.91 Å². The van der Waals surface area contributed by atoms with Crippen LogP contribution in [0.5, 0.6) is 0 Å². The fraction of sp³-hybridized carbons (Fsp3) is 0.929. The van der Waals surface area contributed by atoms with Crippen molar-refractivity contribution >= 4 is 5.91 Å². The summed E-state index contributed by atoms with van der Waals surface area (Å²) < 4.78 is 0. The topological polar surface area (TPSA) is 41.1 Å². The van der Waals surface area contributed by atoms with E-state index in [0.29, 0.717) is 11.8 Å². The average Bonchev–Trinajstić information content (AvgIpc) is 2.75. The Kier molecular flexibility index (Phi) is 6.56. The lowest BCUT2D eigenvalue weighted by Crippen LogP contribution is -2.44. The minimum Gasteiger partial charge on any atom is -0.354 e. The van der Waals surface area contributed by atoms with E-state index in [2.05, 4.69) is 31.4 Å². The minimum atomic E-state index is 0.0404. The van der Waals surface area contributed by atoms with Crippen molar-refractivity contribution in [3.8, 4) is 0 Å². The maximum Gasteiger partial charge on any atom is 0.237 e. The first-order chi connectivity index (χ1) is 8.19. The van der Waals surface area contributed by atoms with Gasteiger partial charge >= 0.3 is 0 Å². The van der Waals surface area contributed by atoms with E-state index in [1.54, 1.807) is 0 Å². The molecule has 0 aromatic carbocycles. The van der Waals surface area contributed by atoms with Crippen LogP contribution in [0.3, 0.4) is 0 Å². The van der Waals surface area contributed by atoms with Gasteiger partial charge in [0.05, 0.1) is 6.04 Å². The van der Waals surface area contributed by atoms with Crippen molar-refractivity contribution in [3.63, 3.8) is 0 Å². The van der Waals surface area contributed by atoms with Crippen LogP contribution in [-0.4, -0.2) is 25.0 Å². The maximum atomic E-state index is 12.0. The van der Waals surface area contributed by atoms with Crippen molar-refractivity contribution in [1.82, 2.24) is 10.6 Å². The van der Waals surface area contributed by atoms with Gasteiger partial charge in [-0.2, -0.15) is 0 Å². The molecule has 0 radical (unpaired) electrons. The second kappa shape index (κ2) is 7.70. The SMILES string of the molecule is CCCCC(CC)CNC(=O)C1NCCC1C. The van der Waals surface area contributed by atoms with E-state index in [9.17, 15) is 4.79 Å². The molecule has 3 atom stereocenters. The number of carbonyl (C=O) groups excluding carboxylic acids is 1. The average molecular weight is 240 g/mol. The fourth-order valence-corrected chi connectivity index (χ4v) is 2.48. The van der Waals surface area contributed by atoms with E-state index in [-0.39, 0.29) is 11.9 Å². The van der Waals surface area contributed by atoms with Gasteiger partial charge in [-0.25, -0.2) is 0 Å². The molecule has 1 fully saturated rings. The predicted octanol–water partition coefficient (Wildman–Crippen LogP) is 2.32. The molecule has 3 nitrogen and oxygen atoms in total. The van der Waals surface area contributed by atoms with Gasteiger partial charge in [-0.15, -0.1) is 0 Å². The summed E-state index contributed by atoms with van der Waals surface area (Å²) in [5, 5.41) is 6.39. The van der Waals surface area contributed by atoms with E-state index < -0.39 is 0 Å². The highest BCUT2D eigenvalue weighted by molar-refractivity contribution is 5.82. The van der Waals surface area contributed by atoms with E-state index in [4.69, 9.17) is 0 Å². The molecule has 1 aliphatic heterocycles. The van der Waals surface area contributed by atoms with Crippen molar-refractivity contribution in [1.29, 1.82) is 0 Å². The smallest absolute Gasteiger partial charge is 0.237 e. The fourth-order valence-electron chi connectivity index (χ4n) is 2.48. The molecule has 17 heavy (non-hydrogen) atoms. The number of amides is 1. The van der Waals surface area contributed by atoms with Crippen LogP contribution >= 0.6 is 0 Å². The highest BCUT2D eigenvalue weighted by atomic mass is 16.2. The van der Waals surface area contributed by atoms with Crippen molar-refractivity contribution in [2.75, 3.05) is 13.1 Å². The van der Waals surface area contributed by atoms with Gasteiger partial charge in [-0.05, 0) is 31.2 Å². The summed E-state index contributed by atoms with van der Waals surface area (Å²) in [6.07, 6.45) is 6.03. The summed E-state index contributed by atoms with van der Waals surface area (Å²) in [5.41, 5.74) is 0. The monoisotopic (exact) mass is 240 g/mol. The predicted molar refractivity (Wildman–Crippen MR) is 71.9 cm³/mol. The van der Waals surface area contributed by atoms with Crippen LogP contribution in [0.4, 0.5) is 0 Å². The highest BCUT2D eigenvalue weighted by Gasteiger charge is 2.29. The Bertz CT molecular complexity index is 230. The second-order valence-electron chi connectivity index (χ2n) is 5.36. The number of hydrogen-bond donors (Lipinski definition) is 2. The van der Waals surface area contributed by atoms with E-state index in [1.165, 1.54) is 19.3 Å². The van der Waals surface area contributed by atoms with E-state index >= 15 is 0 Å². The van der Waals surface area contributed by atoms with Crippen molar-refractivity contribution in [2.24, 2.45) is 11.8 Å². The molecule has 3 heteroatoms. The summed E-state index contributed by atoms with van der Waals surface area (Å²) in [5.74, 6) is 1.33. The van der Waals surface area contributed by atoms with Gasteiger partial charge in [0.15, 0.2) is 0 Å². The van der Waals surface area contributed by atoms with Gasteiger partial charge in [-0.1, -0.05) is 40.0 Å². The Morgan fingerprint density at radius 2 is 2.24 bits per heavy atom. The summed E-state index contributed by atoms with van der Waals surface area (Å²) in [6, 6.07) is 0.0404. The van der Waals surface area contributed by atoms with Crippen LogP contribution in [0.2, 0.25) is 0 Å². The third kappa shape index (κ3) is 4.66. The molecule has 1 heterocycles. The summed E-state index contributed by atoms with van der Waals surface area (Å²) in [4.78, 5) is 12.0. The summed E-state index contributed by atoms with van der Waals surface area (Å²) in [6.45, 7) is 8.41. The first-order valence-electron chi connectivity index (χ1n) is 7.20. The number of nitrogens with one attached hydrogen (secondary N) is 2. The molecule has 3 unspecified atom stereocenters. The summed E-state index contributed by atoms with van der Waals surface area (Å²) >= 11 is 0. The van der Waals surface area contributed by atoms with E-state index in [1.807, 2.05) is 0 Å². The zero-order valence-corrected chi connectivity index (χ0v) is 11.6. The number of carbonyl (C=O) groups is 1. The molecule has 0 aromatic rings. The first-order valence-corrected chi connectivity index (χ1v) is 7.20. The molecular formula is C14H28N2O. The molecule has 0 aromatic heterocycles. The molecule has 0 aliphatic carbocycles. The Labute approximate surface area is 106 Å². The Morgan fingerprint density at radius 1 is 1.47 bits per heavy atom. The molecular weight excluding hydrogens is 212 g/mol. The molecule has 1 rings (SSSR count). The van der Waals surface area contributed by atoms with Gasteiger partial charge in [0.25, 0.3) is 0 Å². The highest BCUT2D eigenvalue weighted by Crippen LogP contribution is 2.15. The van der Waals surface area contributed by atoms with Crippen molar-refractivity contribution < 1.29 is 4.79 Å². The Hall–Kier alpha value is -0.570. The molecule has 0 saturated carbocycles. The van der Waals surface area contributed by atoms with Crippen molar-refractivity contribution in [2.45, 2.75) is 58.9 Å². The molecule has 1 amide bonds. The molecule has 1 aliphatic rings. The van der Waals surface area contributed by atoms with Crippen LogP contribution < -0.4 is 10.6 Å². The molecule has 100 valence electrons. The van der Waals surface area contributed by atoms with E-state index in [0.717, 1.165) is 25.9 Å². The first kappa shape index (κ1) is 14.5. The molecule has 2 N–H and O–H groups in total. The second-order valence-corrected chi connectivity index (χ2v) is 5.36. The molecule has 1 saturated heterocycles. The number of rotatable bonds is 7. The van der Waals surface area contributed by atoms with Crippen molar-refractivity contribution in [3.05, 3.63) is 0 Å². The molecule has 0 bridgehead atoms. The zero-order valence-electron chi connectivity index (χ0n) is 11.6. The lowest BCUT2D eigenvalue weighted by molar-refractivity contribution is -0.123. The van der Waals surface area contributed by atoms with Crippen LogP contribution in [0.1, 0.15) is 52.9 Å². The third-order valence-electron chi connectivity index (χ3n) is 3.92. The van der Waals surface area contributed by atoms with Crippen LogP contribution in [0, 0.1) is 11.8 Å². The Balaban J connectivity index is 2.25. The maximum absolute atomic E-state index is 12.0. The van der Waals surface area contributed by atoms with Crippen LogP contribution in [-0.2, 0) is 4.79 Å². The van der Waals surface area contributed by atoms with Gasteiger partial charge in [0.1, 0.15) is 0 Å². The quantitative estimate of drug-likeness (QED) is 0.717. The van der Waals surface area contributed by atoms with Crippen LogP contribution in [0.25, 0.3) is 0 Å². The largest absolute Gasteiger partial charge is 0.354 e. The van der Waals surface area contributed by atoms with Gasteiger partial charge in [-0.3, -0.25) is 4.79 Å². The Morgan fingerprint density at radius 3 is 2.76 bits per heavy atom. The lowest BCUT2D eigenvalue weighted by atomic mass is 9.98.